The zero-order valence-corrected chi connectivity index (χ0v) is 12.8. The van der Waals surface area contributed by atoms with E-state index >= 15 is 0 Å². The number of rotatable bonds is 2. The first-order chi connectivity index (χ1) is 10.7. The predicted octanol–water partition coefficient (Wildman–Crippen LogP) is 5.36. The van der Waals surface area contributed by atoms with Crippen molar-refractivity contribution in [3.05, 3.63) is 59.7 Å². The molecular weight excluding hydrogens is 272 g/mol. The summed E-state index contributed by atoms with van der Waals surface area (Å²) in [6.07, 6.45) is 7.12. The van der Waals surface area contributed by atoms with Gasteiger partial charge in [-0.05, 0) is 72.2 Å². The number of hydrogen-bond acceptors (Lipinski definition) is 2. The van der Waals surface area contributed by atoms with Gasteiger partial charge in [-0.15, -0.1) is 0 Å². The Hall–Kier alpha value is -2.22. The molecule has 0 spiro atoms. The van der Waals surface area contributed by atoms with Gasteiger partial charge in [0.15, 0.2) is 0 Å². The minimum Gasteiger partial charge on any atom is -0.508 e. The molecule has 0 radical (unpaired) electrons. The quantitative estimate of drug-likeness (QED) is 0.782. The van der Waals surface area contributed by atoms with Crippen molar-refractivity contribution in [2.45, 2.75) is 38.5 Å². The molecular formula is C20H22O2. The van der Waals surface area contributed by atoms with Crippen LogP contribution < -0.4 is 0 Å². The zero-order chi connectivity index (χ0) is 15.4. The molecule has 2 heteroatoms. The van der Waals surface area contributed by atoms with Crippen LogP contribution in [0.4, 0.5) is 0 Å². The van der Waals surface area contributed by atoms with Crippen molar-refractivity contribution < 1.29 is 10.2 Å². The van der Waals surface area contributed by atoms with Gasteiger partial charge in [-0.1, -0.05) is 37.1 Å². The van der Waals surface area contributed by atoms with Crippen LogP contribution in [0.25, 0.3) is 11.1 Å². The maximum absolute atomic E-state index is 9.53. The first-order valence-electron chi connectivity index (χ1n) is 8.05. The smallest absolute Gasteiger partial charge is 0.115 e. The maximum Gasteiger partial charge on any atom is 0.115 e. The van der Waals surface area contributed by atoms with Gasteiger partial charge in [0, 0.05) is 0 Å². The molecule has 114 valence electrons. The molecule has 2 aromatic carbocycles. The van der Waals surface area contributed by atoms with E-state index in [0.29, 0.717) is 11.5 Å². The van der Waals surface area contributed by atoms with Gasteiger partial charge >= 0.3 is 0 Å². The van der Waals surface area contributed by atoms with Crippen LogP contribution in [-0.4, -0.2) is 10.2 Å². The largest absolute Gasteiger partial charge is 0.508 e. The zero-order valence-electron chi connectivity index (χ0n) is 12.8. The highest BCUT2D eigenvalue weighted by atomic mass is 16.3. The van der Waals surface area contributed by atoms with E-state index in [1.54, 1.807) is 24.3 Å². The third-order valence-electron chi connectivity index (χ3n) is 4.40. The molecule has 0 aromatic heterocycles. The molecule has 0 saturated heterocycles. The fourth-order valence-electron chi connectivity index (χ4n) is 3.22. The lowest BCUT2D eigenvalue weighted by Crippen LogP contribution is -1.97. The summed E-state index contributed by atoms with van der Waals surface area (Å²) >= 11 is 0. The Balaban J connectivity index is 2.08. The molecule has 1 aliphatic carbocycles. The highest BCUT2D eigenvalue weighted by Gasteiger charge is 2.14. The monoisotopic (exact) mass is 294 g/mol. The molecule has 0 amide bonds. The first kappa shape index (κ1) is 14.7. The van der Waals surface area contributed by atoms with Crippen LogP contribution in [-0.2, 0) is 0 Å². The Morgan fingerprint density at radius 1 is 0.500 bits per heavy atom. The van der Waals surface area contributed by atoms with Crippen LogP contribution in [0.1, 0.15) is 49.7 Å². The van der Waals surface area contributed by atoms with Gasteiger partial charge in [-0.25, -0.2) is 0 Å². The van der Waals surface area contributed by atoms with Gasteiger partial charge in [-0.2, -0.15) is 0 Å². The molecule has 2 nitrogen and oxygen atoms in total. The molecule has 0 fully saturated rings. The highest BCUT2D eigenvalue weighted by Crippen LogP contribution is 2.37. The third kappa shape index (κ3) is 3.33. The second kappa shape index (κ2) is 6.69. The summed E-state index contributed by atoms with van der Waals surface area (Å²) in [7, 11) is 0. The van der Waals surface area contributed by atoms with Crippen molar-refractivity contribution in [3.8, 4) is 11.5 Å². The average Bonchev–Trinajstić information content (AvgIpc) is 2.50. The van der Waals surface area contributed by atoms with Gasteiger partial charge in [0.1, 0.15) is 11.5 Å². The Labute approximate surface area is 131 Å². The van der Waals surface area contributed by atoms with E-state index < -0.39 is 0 Å². The lowest BCUT2D eigenvalue weighted by atomic mass is 9.86. The molecule has 0 aliphatic heterocycles. The van der Waals surface area contributed by atoms with Crippen LogP contribution in [0.3, 0.4) is 0 Å². The first-order valence-corrected chi connectivity index (χ1v) is 8.05. The second-order valence-corrected chi connectivity index (χ2v) is 5.97. The topological polar surface area (TPSA) is 40.5 Å². The Bertz CT molecular complexity index is 592. The summed E-state index contributed by atoms with van der Waals surface area (Å²) in [5.41, 5.74) is 5.15. The van der Waals surface area contributed by atoms with Crippen molar-refractivity contribution in [2.24, 2.45) is 0 Å². The van der Waals surface area contributed by atoms with Crippen molar-refractivity contribution in [3.63, 3.8) is 0 Å². The van der Waals surface area contributed by atoms with Gasteiger partial charge in [0.05, 0.1) is 0 Å². The van der Waals surface area contributed by atoms with Crippen molar-refractivity contribution in [2.75, 3.05) is 0 Å². The van der Waals surface area contributed by atoms with E-state index in [0.717, 1.165) is 12.8 Å². The molecule has 3 rings (SSSR count). The molecule has 0 atom stereocenters. The summed E-state index contributed by atoms with van der Waals surface area (Å²) in [4.78, 5) is 0. The van der Waals surface area contributed by atoms with Crippen LogP contribution in [0.2, 0.25) is 0 Å². The summed E-state index contributed by atoms with van der Waals surface area (Å²) in [5, 5.41) is 19.1. The van der Waals surface area contributed by atoms with E-state index in [9.17, 15) is 10.2 Å². The van der Waals surface area contributed by atoms with E-state index in [4.69, 9.17) is 0 Å². The SMILES string of the molecule is Oc1ccc(/C2=C(\c3ccc(O)cc3)CCCCCC2)cc1. The van der Waals surface area contributed by atoms with E-state index in [2.05, 4.69) is 0 Å². The highest BCUT2D eigenvalue weighted by molar-refractivity contribution is 5.91. The van der Waals surface area contributed by atoms with Crippen LogP contribution in [0, 0.1) is 0 Å². The van der Waals surface area contributed by atoms with Gasteiger partial charge in [0.2, 0.25) is 0 Å². The summed E-state index contributed by atoms with van der Waals surface area (Å²) in [6.45, 7) is 0. The van der Waals surface area contributed by atoms with E-state index in [1.165, 1.54) is 48.0 Å². The van der Waals surface area contributed by atoms with Crippen molar-refractivity contribution in [1.29, 1.82) is 0 Å². The molecule has 0 heterocycles. The van der Waals surface area contributed by atoms with Crippen molar-refractivity contribution >= 4 is 11.1 Å². The molecule has 22 heavy (non-hydrogen) atoms. The van der Waals surface area contributed by atoms with Crippen LogP contribution in [0.15, 0.2) is 48.5 Å². The van der Waals surface area contributed by atoms with Crippen LogP contribution >= 0.6 is 0 Å². The summed E-state index contributed by atoms with van der Waals surface area (Å²) in [5.74, 6) is 0.614. The molecule has 0 saturated carbocycles. The maximum atomic E-state index is 9.53. The minimum absolute atomic E-state index is 0.307. The summed E-state index contributed by atoms with van der Waals surface area (Å²) in [6, 6.07) is 15.1. The predicted molar refractivity (Wildman–Crippen MR) is 90.7 cm³/mol. The standard InChI is InChI=1S/C20H22O2/c21-17-11-7-15(8-12-17)19-5-3-1-2-4-6-20(19)16-9-13-18(22)14-10-16/h7-14,21-22H,1-6H2/b20-19-. The number of benzene rings is 2. The lowest BCUT2D eigenvalue weighted by molar-refractivity contribution is 0.474. The fourth-order valence-corrected chi connectivity index (χ4v) is 3.22. The Kier molecular flexibility index (Phi) is 4.47. The molecule has 2 N–H and O–H groups in total. The number of allylic oxidation sites excluding steroid dienone is 2. The number of hydrogen-bond donors (Lipinski definition) is 2. The van der Waals surface area contributed by atoms with Crippen molar-refractivity contribution in [1.82, 2.24) is 0 Å². The van der Waals surface area contributed by atoms with E-state index in [1.807, 2.05) is 24.3 Å². The normalized spacial score (nSPS) is 19.5. The van der Waals surface area contributed by atoms with Gasteiger partial charge in [0.25, 0.3) is 0 Å². The molecule has 0 unspecified atom stereocenters. The minimum atomic E-state index is 0.307. The average molecular weight is 294 g/mol. The number of phenolic OH excluding ortho intramolecular Hbond substituents is 2. The number of aromatic hydroxyl groups is 2. The Morgan fingerprint density at radius 3 is 1.23 bits per heavy atom. The van der Waals surface area contributed by atoms with Gasteiger partial charge < -0.3 is 10.2 Å². The fraction of sp³-hybridized carbons (Fsp3) is 0.300. The summed E-state index contributed by atoms with van der Waals surface area (Å²) < 4.78 is 0. The second-order valence-electron chi connectivity index (χ2n) is 5.97. The molecule has 2 aromatic rings. The number of phenols is 2. The van der Waals surface area contributed by atoms with Crippen LogP contribution in [0.5, 0.6) is 11.5 Å². The van der Waals surface area contributed by atoms with Gasteiger partial charge in [-0.3, -0.25) is 0 Å². The lowest BCUT2D eigenvalue weighted by Gasteiger charge is -2.19. The van der Waals surface area contributed by atoms with E-state index in [-0.39, 0.29) is 0 Å². The Morgan fingerprint density at radius 2 is 0.864 bits per heavy atom. The molecule has 0 bridgehead atoms. The third-order valence-corrected chi connectivity index (χ3v) is 4.40. The molecule has 1 aliphatic rings.